The highest BCUT2D eigenvalue weighted by molar-refractivity contribution is 7.89. The summed E-state index contributed by atoms with van der Waals surface area (Å²) >= 11 is 0. The van der Waals surface area contributed by atoms with Crippen molar-refractivity contribution < 1.29 is 22.3 Å². The number of ether oxygens (including phenoxy) is 2. The van der Waals surface area contributed by atoms with Gasteiger partial charge in [-0.15, -0.1) is 0 Å². The number of benzene rings is 4. The molecular weight excluding hydrogens is 627 g/mol. The smallest absolute Gasteiger partial charge is 0.246 e. The van der Waals surface area contributed by atoms with Crippen LogP contribution < -0.4 is 14.8 Å². The molecular formula is C37H47N3O5SSi. The molecule has 1 aromatic heterocycles. The number of sulfonamides is 1. The summed E-state index contributed by atoms with van der Waals surface area (Å²) in [5.41, 5.74) is 3.92. The third kappa shape index (κ3) is 8.08. The number of hydrogen-bond acceptors (Lipinski definition) is 6. The van der Waals surface area contributed by atoms with Crippen molar-refractivity contribution in [2.75, 3.05) is 33.8 Å². The number of nitrogens with one attached hydrogen (secondary N) is 2. The van der Waals surface area contributed by atoms with Crippen molar-refractivity contribution in [3.05, 3.63) is 102 Å². The quantitative estimate of drug-likeness (QED) is 0.0771. The normalized spacial score (nSPS) is 13.0. The van der Waals surface area contributed by atoms with E-state index in [1.54, 1.807) is 12.1 Å². The lowest BCUT2D eigenvalue weighted by molar-refractivity contribution is 0.182. The molecule has 1 heterocycles. The zero-order valence-electron chi connectivity index (χ0n) is 28.1. The van der Waals surface area contributed by atoms with E-state index in [1.807, 2.05) is 60.7 Å². The van der Waals surface area contributed by atoms with Gasteiger partial charge in [0.25, 0.3) is 0 Å². The second-order valence-corrected chi connectivity index (χ2v) is 18.9. The van der Waals surface area contributed by atoms with Crippen molar-refractivity contribution in [3.63, 3.8) is 0 Å². The van der Waals surface area contributed by atoms with Crippen LogP contribution in [0.15, 0.2) is 95.9 Å². The van der Waals surface area contributed by atoms with Crippen LogP contribution in [-0.4, -0.2) is 59.8 Å². The number of fused-ring (bicyclic) bond motifs is 3. The highest BCUT2D eigenvalue weighted by atomic mass is 32.2. The molecule has 10 heteroatoms. The Labute approximate surface area is 280 Å². The van der Waals surface area contributed by atoms with Crippen LogP contribution >= 0.6 is 0 Å². The molecule has 47 heavy (non-hydrogen) atoms. The Balaban J connectivity index is 1.32. The summed E-state index contributed by atoms with van der Waals surface area (Å²) in [5, 5.41) is 5.90. The lowest BCUT2D eigenvalue weighted by Crippen LogP contribution is -2.40. The van der Waals surface area contributed by atoms with E-state index in [0.29, 0.717) is 25.4 Å². The number of rotatable bonds is 17. The molecule has 250 valence electrons. The average molecular weight is 674 g/mol. The van der Waals surface area contributed by atoms with E-state index in [2.05, 4.69) is 49.3 Å². The molecule has 0 saturated heterocycles. The fraction of sp³-hybridized carbons (Fsp3) is 0.351. The topological polar surface area (TPSA) is 92.9 Å². The molecule has 0 fully saturated rings. The Morgan fingerprint density at radius 2 is 1.51 bits per heavy atom. The van der Waals surface area contributed by atoms with Crippen LogP contribution in [0.2, 0.25) is 18.1 Å². The molecule has 8 nitrogen and oxygen atoms in total. The Morgan fingerprint density at radius 1 is 0.809 bits per heavy atom. The zero-order valence-corrected chi connectivity index (χ0v) is 29.9. The van der Waals surface area contributed by atoms with E-state index in [1.165, 1.54) is 29.2 Å². The molecule has 0 spiro atoms. The minimum Gasteiger partial charge on any atom is -0.492 e. The summed E-state index contributed by atoms with van der Waals surface area (Å²) in [6.45, 7) is 8.46. The molecule has 0 aliphatic carbocycles. The van der Waals surface area contributed by atoms with Crippen LogP contribution in [0.1, 0.15) is 38.0 Å². The number of nitrogens with zero attached hydrogens (tertiary/aromatic N) is 1. The molecule has 4 aromatic carbocycles. The molecule has 0 amide bonds. The lowest BCUT2D eigenvalue weighted by Gasteiger charge is -2.34. The number of aromatic nitrogens is 1. The van der Waals surface area contributed by atoms with Crippen LogP contribution in [0.25, 0.3) is 21.8 Å². The van der Waals surface area contributed by atoms with Crippen molar-refractivity contribution in [2.45, 2.75) is 56.5 Å². The maximum Gasteiger partial charge on any atom is 0.246 e. The van der Waals surface area contributed by atoms with Gasteiger partial charge < -0.3 is 24.2 Å². The van der Waals surface area contributed by atoms with Crippen molar-refractivity contribution in [2.24, 2.45) is 0 Å². The molecule has 5 rings (SSSR count). The summed E-state index contributed by atoms with van der Waals surface area (Å²) in [7, 11) is -2.76. The summed E-state index contributed by atoms with van der Waals surface area (Å²) in [6, 6.07) is 32.5. The van der Waals surface area contributed by atoms with Crippen LogP contribution in [-0.2, 0) is 21.1 Å². The predicted molar refractivity (Wildman–Crippen MR) is 193 cm³/mol. The van der Waals surface area contributed by atoms with E-state index in [4.69, 9.17) is 13.9 Å². The Morgan fingerprint density at radius 3 is 2.23 bits per heavy atom. The van der Waals surface area contributed by atoms with Gasteiger partial charge in [-0.1, -0.05) is 75.4 Å². The molecule has 0 aliphatic rings. The fourth-order valence-electron chi connectivity index (χ4n) is 5.90. The van der Waals surface area contributed by atoms with Gasteiger partial charge in [0.15, 0.2) is 8.32 Å². The van der Waals surface area contributed by atoms with Crippen molar-refractivity contribution in [1.29, 1.82) is 0 Å². The first-order chi connectivity index (χ1) is 22.7. The van der Waals surface area contributed by atoms with E-state index < -0.39 is 18.3 Å². The first kappa shape index (κ1) is 34.7. The maximum absolute atomic E-state index is 13.5. The maximum atomic E-state index is 13.5. The molecule has 0 radical (unpaired) electrons. The molecule has 1 unspecified atom stereocenters. The van der Waals surface area contributed by atoms with E-state index in [9.17, 15) is 8.42 Å². The highest BCUT2D eigenvalue weighted by Crippen LogP contribution is 2.34. The second kappa shape index (κ2) is 15.5. The minimum absolute atomic E-state index is 0.136. The molecule has 0 bridgehead atoms. The fourth-order valence-corrected chi connectivity index (χ4v) is 9.79. The van der Waals surface area contributed by atoms with Gasteiger partial charge in [0.05, 0.1) is 11.6 Å². The summed E-state index contributed by atoms with van der Waals surface area (Å²) < 4.78 is 47.5. The van der Waals surface area contributed by atoms with Gasteiger partial charge in [0.1, 0.15) is 29.6 Å². The summed E-state index contributed by atoms with van der Waals surface area (Å²) in [4.78, 5) is 3.61. The van der Waals surface area contributed by atoms with E-state index >= 15 is 0 Å². The van der Waals surface area contributed by atoms with E-state index in [-0.39, 0.29) is 17.6 Å². The van der Waals surface area contributed by atoms with Crippen LogP contribution in [0.3, 0.4) is 0 Å². The summed E-state index contributed by atoms with van der Waals surface area (Å²) in [5.74, 6) is 1.13. The van der Waals surface area contributed by atoms with Gasteiger partial charge in [-0.05, 0) is 59.6 Å². The monoisotopic (exact) mass is 673 g/mol. The van der Waals surface area contributed by atoms with Crippen LogP contribution in [0.4, 0.5) is 0 Å². The molecule has 5 aromatic rings. The lowest BCUT2D eigenvalue weighted by atomic mass is 10.1. The third-order valence-corrected chi connectivity index (χ3v) is 15.5. The molecule has 0 aliphatic heterocycles. The second-order valence-electron chi connectivity index (χ2n) is 12.0. The first-order valence-corrected chi connectivity index (χ1v) is 20.4. The highest BCUT2D eigenvalue weighted by Gasteiger charge is 2.33. The number of hydrogen-bond donors (Lipinski definition) is 2. The van der Waals surface area contributed by atoms with Gasteiger partial charge >= 0.3 is 0 Å². The SMILES string of the molecule is CC[Si](CC)(CC)OC(CNCCOc1ccc2c(c1)[nH]c1ccccc12)c1ccc(OCc2ccccc2)c(S(=O)(=O)N(C)C)c1. The Kier molecular flexibility index (Phi) is 11.4. The molecule has 1 atom stereocenters. The Hall–Kier alpha value is -3.67. The number of H-pyrrole nitrogens is 1. The van der Waals surface area contributed by atoms with Crippen LogP contribution in [0, 0.1) is 0 Å². The van der Waals surface area contributed by atoms with Gasteiger partial charge in [-0.25, -0.2) is 12.7 Å². The average Bonchev–Trinajstić information content (AvgIpc) is 3.47. The first-order valence-electron chi connectivity index (χ1n) is 16.4. The van der Waals surface area contributed by atoms with Gasteiger partial charge in [-0.3, -0.25) is 0 Å². The molecule has 2 N–H and O–H groups in total. The van der Waals surface area contributed by atoms with Crippen LogP contribution in [0.5, 0.6) is 11.5 Å². The number of para-hydroxylation sites is 1. The standard InChI is InChI=1S/C37H47N3O5SSi/c1-6-47(7-2,8-3)45-36(26-38-22-23-43-30-19-20-32-31-16-12-13-17-33(31)39-34(32)25-30)29-18-21-35(37(24-29)46(41,42)40(4)5)44-27-28-14-10-9-11-15-28/h9-21,24-25,36,38-39H,6-8,22-23,26-27H2,1-5H3. The number of aromatic amines is 1. The predicted octanol–water partition coefficient (Wildman–Crippen LogP) is 7.88. The van der Waals surface area contributed by atoms with Gasteiger partial charge in [0.2, 0.25) is 10.0 Å². The Bertz CT molecular complexity index is 1870. The van der Waals surface area contributed by atoms with Crippen molar-refractivity contribution >= 4 is 40.1 Å². The van der Waals surface area contributed by atoms with Gasteiger partial charge in [0, 0.05) is 49.5 Å². The largest absolute Gasteiger partial charge is 0.492 e. The van der Waals surface area contributed by atoms with Crippen molar-refractivity contribution in [3.8, 4) is 11.5 Å². The zero-order chi connectivity index (χ0) is 33.4. The van der Waals surface area contributed by atoms with Crippen molar-refractivity contribution in [1.82, 2.24) is 14.6 Å². The van der Waals surface area contributed by atoms with E-state index in [0.717, 1.165) is 46.0 Å². The minimum atomic E-state index is -3.79. The summed E-state index contributed by atoms with van der Waals surface area (Å²) in [6.07, 6.45) is -0.330. The molecule has 0 saturated carbocycles. The third-order valence-electron chi connectivity index (χ3n) is 9.02. The van der Waals surface area contributed by atoms with Gasteiger partial charge in [-0.2, -0.15) is 0 Å².